The van der Waals surface area contributed by atoms with Gasteiger partial charge in [-0.25, -0.2) is 0 Å². The Balaban J connectivity index is 2.33. The van der Waals surface area contributed by atoms with Gasteiger partial charge in [0, 0.05) is 6.54 Å². The molecule has 0 aliphatic rings. The first-order chi connectivity index (χ1) is 7.22. The molecule has 2 N–H and O–H groups in total. The third kappa shape index (κ3) is 4.42. The predicted molar refractivity (Wildman–Crippen MR) is 65.0 cm³/mol. The molecule has 0 unspecified atom stereocenters. The van der Waals surface area contributed by atoms with Crippen LogP contribution in [0.2, 0.25) is 0 Å². The van der Waals surface area contributed by atoms with E-state index in [1.165, 1.54) is 0 Å². The molecular formula is C10H13N3OS. The van der Waals surface area contributed by atoms with Gasteiger partial charge in [-0.15, -0.1) is 6.58 Å². The van der Waals surface area contributed by atoms with E-state index in [-0.39, 0.29) is 0 Å². The van der Waals surface area contributed by atoms with E-state index >= 15 is 0 Å². The normalized spacial score (nSPS) is 10.2. The Kier molecular flexibility index (Phi) is 4.56. The van der Waals surface area contributed by atoms with Gasteiger partial charge in [0.2, 0.25) is 0 Å². The molecule has 0 spiro atoms. The molecule has 1 heterocycles. The maximum Gasteiger partial charge on any atom is 0.187 e. The van der Waals surface area contributed by atoms with Crippen LogP contribution in [0.5, 0.6) is 0 Å². The van der Waals surface area contributed by atoms with Gasteiger partial charge in [-0.1, -0.05) is 6.08 Å². The first kappa shape index (κ1) is 11.5. The molecule has 5 heteroatoms. The first-order valence-electron chi connectivity index (χ1n) is 4.46. The Morgan fingerprint density at radius 2 is 2.47 bits per heavy atom. The fraction of sp³-hybridized carbons (Fsp3) is 0.200. The minimum atomic E-state index is 0.453. The van der Waals surface area contributed by atoms with Crippen molar-refractivity contribution in [2.24, 2.45) is 5.10 Å². The monoisotopic (exact) mass is 223 g/mol. The summed E-state index contributed by atoms with van der Waals surface area (Å²) >= 11 is 4.93. The van der Waals surface area contributed by atoms with Crippen LogP contribution in [-0.4, -0.2) is 17.9 Å². The fourth-order valence-electron chi connectivity index (χ4n) is 0.882. The zero-order valence-corrected chi connectivity index (χ0v) is 9.30. The number of rotatable bonds is 4. The summed E-state index contributed by atoms with van der Waals surface area (Å²) in [7, 11) is 0. The van der Waals surface area contributed by atoms with Crippen LogP contribution in [0.3, 0.4) is 0 Å². The average Bonchev–Trinajstić information content (AvgIpc) is 2.61. The summed E-state index contributed by atoms with van der Waals surface area (Å²) in [5, 5.41) is 7.24. The predicted octanol–water partition coefficient (Wildman–Crippen LogP) is 1.57. The van der Waals surface area contributed by atoms with Crippen LogP contribution < -0.4 is 10.7 Å². The van der Waals surface area contributed by atoms with Gasteiger partial charge in [-0.3, -0.25) is 5.43 Å². The quantitative estimate of drug-likeness (QED) is 0.352. The lowest BCUT2D eigenvalue weighted by molar-refractivity contribution is 0.527. The van der Waals surface area contributed by atoms with Gasteiger partial charge in [-0.05, 0) is 31.3 Å². The zero-order chi connectivity index (χ0) is 11.1. The molecule has 0 aliphatic heterocycles. The first-order valence-corrected chi connectivity index (χ1v) is 4.87. The van der Waals surface area contributed by atoms with Gasteiger partial charge < -0.3 is 9.73 Å². The number of aryl methyl sites for hydroxylation is 1. The summed E-state index contributed by atoms with van der Waals surface area (Å²) in [6.07, 6.45) is 3.28. The van der Waals surface area contributed by atoms with Crippen LogP contribution in [-0.2, 0) is 0 Å². The maximum absolute atomic E-state index is 5.28. The minimum Gasteiger partial charge on any atom is -0.460 e. The van der Waals surface area contributed by atoms with Gasteiger partial charge in [0.15, 0.2) is 5.11 Å². The number of nitrogens with one attached hydrogen (secondary N) is 2. The molecule has 1 aromatic heterocycles. The van der Waals surface area contributed by atoms with Gasteiger partial charge in [0.25, 0.3) is 0 Å². The van der Waals surface area contributed by atoms with Crippen molar-refractivity contribution >= 4 is 23.5 Å². The summed E-state index contributed by atoms with van der Waals surface area (Å²) in [5.74, 6) is 1.54. The Morgan fingerprint density at radius 3 is 3.07 bits per heavy atom. The number of hydrogen-bond acceptors (Lipinski definition) is 3. The molecule has 1 rings (SSSR count). The van der Waals surface area contributed by atoms with E-state index in [1.54, 1.807) is 12.3 Å². The zero-order valence-electron chi connectivity index (χ0n) is 8.49. The van der Waals surface area contributed by atoms with Crippen molar-refractivity contribution in [2.75, 3.05) is 6.54 Å². The highest BCUT2D eigenvalue weighted by molar-refractivity contribution is 7.80. The van der Waals surface area contributed by atoms with Crippen LogP contribution >= 0.6 is 12.2 Å². The lowest BCUT2D eigenvalue weighted by Crippen LogP contribution is -2.31. The number of hydrogen-bond donors (Lipinski definition) is 2. The van der Waals surface area contributed by atoms with Crippen molar-refractivity contribution in [2.45, 2.75) is 6.92 Å². The maximum atomic E-state index is 5.28. The van der Waals surface area contributed by atoms with E-state index in [1.807, 2.05) is 19.1 Å². The van der Waals surface area contributed by atoms with E-state index in [0.717, 1.165) is 5.76 Å². The van der Waals surface area contributed by atoms with E-state index in [9.17, 15) is 0 Å². The summed E-state index contributed by atoms with van der Waals surface area (Å²) < 4.78 is 5.28. The van der Waals surface area contributed by atoms with Crippen LogP contribution in [0.15, 0.2) is 34.3 Å². The van der Waals surface area contributed by atoms with Gasteiger partial charge >= 0.3 is 0 Å². The molecule has 0 radical (unpaired) electrons. The van der Waals surface area contributed by atoms with Crippen molar-refractivity contribution in [3.05, 3.63) is 36.3 Å². The van der Waals surface area contributed by atoms with Gasteiger partial charge in [-0.2, -0.15) is 5.10 Å². The Morgan fingerprint density at radius 1 is 1.67 bits per heavy atom. The lowest BCUT2D eigenvalue weighted by atomic mass is 10.4. The topological polar surface area (TPSA) is 49.6 Å². The Bertz CT molecular complexity index is 370. The highest BCUT2D eigenvalue weighted by atomic mass is 32.1. The van der Waals surface area contributed by atoms with Crippen molar-refractivity contribution < 1.29 is 4.42 Å². The number of hydrazone groups is 1. The largest absolute Gasteiger partial charge is 0.460 e. The van der Waals surface area contributed by atoms with Crippen LogP contribution in [0.1, 0.15) is 11.5 Å². The molecule has 0 aromatic carbocycles. The Hall–Kier alpha value is -1.62. The van der Waals surface area contributed by atoms with Crippen molar-refractivity contribution in [3.63, 3.8) is 0 Å². The van der Waals surface area contributed by atoms with Crippen molar-refractivity contribution in [1.82, 2.24) is 10.7 Å². The molecule has 0 aliphatic carbocycles. The van der Waals surface area contributed by atoms with Crippen LogP contribution in [0.4, 0.5) is 0 Å². The van der Waals surface area contributed by atoms with Crippen molar-refractivity contribution in [1.29, 1.82) is 0 Å². The third-order valence-electron chi connectivity index (χ3n) is 1.53. The highest BCUT2D eigenvalue weighted by Crippen LogP contribution is 2.02. The van der Waals surface area contributed by atoms with E-state index < -0.39 is 0 Å². The van der Waals surface area contributed by atoms with E-state index in [2.05, 4.69) is 22.4 Å². The molecule has 0 amide bonds. The smallest absolute Gasteiger partial charge is 0.187 e. The summed E-state index contributed by atoms with van der Waals surface area (Å²) in [6.45, 7) is 6.05. The fourth-order valence-corrected chi connectivity index (χ4v) is 1.02. The van der Waals surface area contributed by atoms with Crippen molar-refractivity contribution in [3.8, 4) is 0 Å². The lowest BCUT2D eigenvalue weighted by Gasteiger charge is -2.02. The molecule has 0 fully saturated rings. The third-order valence-corrected chi connectivity index (χ3v) is 1.76. The summed E-state index contributed by atoms with van der Waals surface area (Å²) in [6, 6.07) is 3.70. The Labute approximate surface area is 94.0 Å². The van der Waals surface area contributed by atoms with E-state index in [4.69, 9.17) is 16.6 Å². The minimum absolute atomic E-state index is 0.453. The average molecular weight is 223 g/mol. The molecular weight excluding hydrogens is 210 g/mol. The second-order valence-corrected chi connectivity index (χ2v) is 3.23. The number of nitrogens with zero attached hydrogens (tertiary/aromatic N) is 1. The standard InChI is InChI=1S/C10H13N3OS/c1-3-6-11-10(15)13-12-7-9-5-4-8(2)14-9/h3-5,7H,1,6H2,2H3,(H2,11,13,15). The summed E-state index contributed by atoms with van der Waals surface area (Å²) in [4.78, 5) is 0. The highest BCUT2D eigenvalue weighted by Gasteiger charge is 1.93. The van der Waals surface area contributed by atoms with Gasteiger partial charge in [0.1, 0.15) is 11.5 Å². The van der Waals surface area contributed by atoms with Crippen LogP contribution in [0, 0.1) is 6.92 Å². The molecule has 0 saturated heterocycles. The molecule has 0 atom stereocenters. The second kappa shape index (κ2) is 5.98. The molecule has 1 aromatic rings. The van der Waals surface area contributed by atoms with Crippen LogP contribution in [0.25, 0.3) is 0 Å². The number of furan rings is 1. The second-order valence-electron chi connectivity index (χ2n) is 2.82. The number of thiocarbonyl (C=S) groups is 1. The molecule has 0 saturated carbocycles. The molecule has 4 nitrogen and oxygen atoms in total. The van der Waals surface area contributed by atoms with E-state index in [0.29, 0.717) is 17.4 Å². The molecule has 15 heavy (non-hydrogen) atoms. The molecule has 0 bridgehead atoms. The molecule has 80 valence electrons. The van der Waals surface area contributed by atoms with Gasteiger partial charge in [0.05, 0.1) is 6.21 Å². The summed E-state index contributed by atoms with van der Waals surface area (Å²) in [5.41, 5.74) is 2.66. The SMILES string of the molecule is C=CCNC(=S)NN=Cc1ccc(C)o1.